The Bertz CT molecular complexity index is 627. The predicted octanol–water partition coefficient (Wildman–Crippen LogP) is 2.04. The molecule has 2 amide bonds. The number of nitrogens with one attached hydrogen (secondary N) is 1. The molecule has 0 saturated carbocycles. The molecule has 7 nitrogen and oxygen atoms in total. The third-order valence-corrected chi connectivity index (χ3v) is 4.32. The first-order chi connectivity index (χ1) is 11.9. The zero-order valence-electron chi connectivity index (χ0n) is 14.3. The molecule has 25 heavy (non-hydrogen) atoms. The largest absolute Gasteiger partial charge is 0.495 e. The summed E-state index contributed by atoms with van der Waals surface area (Å²) < 4.78 is 9.67. The normalized spacial score (nSPS) is 10.1. The molecule has 0 aliphatic carbocycles. The van der Waals surface area contributed by atoms with Gasteiger partial charge in [-0.2, -0.15) is 11.8 Å². The lowest BCUT2D eigenvalue weighted by Crippen LogP contribution is -2.36. The molecule has 0 fully saturated rings. The first-order valence-corrected chi connectivity index (χ1v) is 8.92. The first kappa shape index (κ1) is 21.1. The van der Waals surface area contributed by atoms with Gasteiger partial charge in [0.1, 0.15) is 5.75 Å². The summed E-state index contributed by atoms with van der Waals surface area (Å²) in [7, 11) is 4.34. The Kier molecular flexibility index (Phi) is 9.15. The van der Waals surface area contributed by atoms with Gasteiger partial charge < -0.3 is 19.7 Å². The van der Waals surface area contributed by atoms with E-state index in [1.807, 2.05) is 0 Å². The molecule has 0 aliphatic heterocycles. The van der Waals surface area contributed by atoms with Crippen molar-refractivity contribution in [2.24, 2.45) is 0 Å². The minimum atomic E-state index is -0.365. The third-order valence-electron chi connectivity index (χ3n) is 3.15. The molecule has 0 aromatic heterocycles. The number of benzene rings is 1. The summed E-state index contributed by atoms with van der Waals surface area (Å²) in [6.07, 6.45) is 0.243. The van der Waals surface area contributed by atoms with Crippen LogP contribution in [0.25, 0.3) is 0 Å². The van der Waals surface area contributed by atoms with Crippen molar-refractivity contribution in [1.29, 1.82) is 0 Å². The van der Waals surface area contributed by atoms with E-state index >= 15 is 0 Å². The summed E-state index contributed by atoms with van der Waals surface area (Å²) >= 11 is 7.22. The van der Waals surface area contributed by atoms with E-state index in [-0.39, 0.29) is 36.5 Å². The molecule has 0 saturated heterocycles. The van der Waals surface area contributed by atoms with Crippen LogP contribution in [-0.4, -0.2) is 62.0 Å². The van der Waals surface area contributed by atoms with Gasteiger partial charge in [-0.1, -0.05) is 11.6 Å². The number of likely N-dealkylation sites (N-methyl/N-ethyl adjacent to an activating group) is 1. The van der Waals surface area contributed by atoms with Crippen LogP contribution in [0.4, 0.5) is 5.69 Å². The Balaban J connectivity index is 2.44. The molecule has 0 heterocycles. The second-order valence-electron chi connectivity index (χ2n) is 5.02. The number of hydrogen-bond acceptors (Lipinski definition) is 6. The topological polar surface area (TPSA) is 84.9 Å². The van der Waals surface area contributed by atoms with Crippen LogP contribution in [0.15, 0.2) is 18.2 Å². The number of rotatable bonds is 9. The van der Waals surface area contributed by atoms with Crippen LogP contribution in [0, 0.1) is 0 Å². The maximum atomic E-state index is 12.1. The molecular formula is C16H21ClN2O5S. The van der Waals surface area contributed by atoms with Gasteiger partial charge in [0.2, 0.25) is 11.8 Å². The fraction of sp³-hybridized carbons (Fsp3) is 0.438. The summed E-state index contributed by atoms with van der Waals surface area (Å²) in [5, 5.41) is 3.13. The first-order valence-electron chi connectivity index (χ1n) is 7.39. The Morgan fingerprint density at radius 3 is 2.64 bits per heavy atom. The molecule has 1 N–H and O–H groups in total. The minimum absolute atomic E-state index is 0.105. The van der Waals surface area contributed by atoms with Crippen molar-refractivity contribution < 1.29 is 23.9 Å². The van der Waals surface area contributed by atoms with E-state index in [2.05, 4.69) is 10.1 Å². The van der Waals surface area contributed by atoms with Crippen LogP contribution in [0.3, 0.4) is 0 Å². The third kappa shape index (κ3) is 7.66. The van der Waals surface area contributed by atoms with Gasteiger partial charge >= 0.3 is 5.97 Å². The molecule has 1 aromatic rings. The van der Waals surface area contributed by atoms with E-state index in [1.165, 1.54) is 37.9 Å². The number of methoxy groups -OCH3 is 2. The second-order valence-corrected chi connectivity index (χ2v) is 6.56. The summed E-state index contributed by atoms with van der Waals surface area (Å²) in [5.41, 5.74) is 0.438. The quantitative estimate of drug-likeness (QED) is 0.514. The number of carbonyl (C=O) groups is 3. The van der Waals surface area contributed by atoms with Crippen molar-refractivity contribution in [3.8, 4) is 5.75 Å². The molecule has 0 bridgehead atoms. The van der Waals surface area contributed by atoms with Crippen molar-refractivity contribution in [2.75, 3.05) is 44.6 Å². The van der Waals surface area contributed by atoms with E-state index in [9.17, 15) is 14.4 Å². The summed E-state index contributed by atoms with van der Waals surface area (Å²) in [5.74, 6) is 0.256. The van der Waals surface area contributed by atoms with Crippen molar-refractivity contribution in [2.45, 2.75) is 6.42 Å². The highest BCUT2D eigenvalue weighted by atomic mass is 35.5. The Hall–Kier alpha value is -1.93. The zero-order chi connectivity index (χ0) is 18.8. The smallest absolute Gasteiger partial charge is 0.306 e. The van der Waals surface area contributed by atoms with E-state index in [0.29, 0.717) is 22.2 Å². The maximum Gasteiger partial charge on any atom is 0.306 e. The molecule has 0 atom stereocenters. The highest BCUT2D eigenvalue weighted by Gasteiger charge is 2.15. The van der Waals surface area contributed by atoms with Gasteiger partial charge in [0.25, 0.3) is 0 Å². The number of amides is 2. The molecule has 138 valence electrons. The summed E-state index contributed by atoms with van der Waals surface area (Å²) in [6, 6.07) is 4.87. The van der Waals surface area contributed by atoms with Crippen LogP contribution in [0.5, 0.6) is 5.75 Å². The fourth-order valence-corrected chi connectivity index (χ4v) is 2.82. The number of thioether (sulfide) groups is 1. The number of hydrogen-bond donors (Lipinski definition) is 1. The van der Waals surface area contributed by atoms with Crippen LogP contribution < -0.4 is 10.1 Å². The van der Waals surface area contributed by atoms with Crippen molar-refractivity contribution in [1.82, 2.24) is 4.90 Å². The SMILES string of the molecule is COC(=O)CCSCC(=O)N(C)CC(=O)Nc1cc(Cl)ccc1OC. The predicted molar refractivity (Wildman–Crippen MR) is 98.2 cm³/mol. The highest BCUT2D eigenvalue weighted by molar-refractivity contribution is 7.99. The summed E-state index contributed by atoms with van der Waals surface area (Å²) in [4.78, 5) is 36.4. The van der Waals surface area contributed by atoms with E-state index in [0.717, 1.165) is 0 Å². The van der Waals surface area contributed by atoms with Gasteiger partial charge in [0.05, 0.1) is 38.6 Å². The average molecular weight is 389 g/mol. The van der Waals surface area contributed by atoms with Crippen LogP contribution in [0.2, 0.25) is 5.02 Å². The second kappa shape index (κ2) is 10.8. The number of esters is 1. The Labute approximate surface area is 156 Å². The monoisotopic (exact) mass is 388 g/mol. The molecule has 1 aromatic carbocycles. The highest BCUT2D eigenvalue weighted by Crippen LogP contribution is 2.27. The Morgan fingerprint density at radius 1 is 1.28 bits per heavy atom. The lowest BCUT2D eigenvalue weighted by molar-refractivity contribution is -0.140. The molecule has 0 spiro atoms. The van der Waals surface area contributed by atoms with E-state index in [1.54, 1.807) is 18.2 Å². The van der Waals surface area contributed by atoms with Crippen LogP contribution >= 0.6 is 23.4 Å². The Morgan fingerprint density at radius 2 is 2.00 bits per heavy atom. The maximum absolute atomic E-state index is 12.1. The number of halogens is 1. The molecule has 9 heteroatoms. The molecule has 1 rings (SSSR count). The van der Waals surface area contributed by atoms with Crippen molar-refractivity contribution in [3.63, 3.8) is 0 Å². The van der Waals surface area contributed by atoms with E-state index in [4.69, 9.17) is 16.3 Å². The van der Waals surface area contributed by atoms with Crippen molar-refractivity contribution in [3.05, 3.63) is 23.2 Å². The van der Waals surface area contributed by atoms with E-state index < -0.39 is 0 Å². The number of nitrogens with zero attached hydrogens (tertiary/aromatic N) is 1. The van der Waals surface area contributed by atoms with Gasteiger partial charge in [-0.3, -0.25) is 14.4 Å². The minimum Gasteiger partial charge on any atom is -0.495 e. The van der Waals surface area contributed by atoms with Gasteiger partial charge in [0, 0.05) is 17.8 Å². The molecule has 0 aliphatic rings. The number of carbonyl (C=O) groups excluding carboxylic acids is 3. The fourth-order valence-electron chi connectivity index (χ4n) is 1.80. The number of ether oxygens (including phenoxy) is 2. The van der Waals surface area contributed by atoms with Gasteiger partial charge in [-0.25, -0.2) is 0 Å². The molecule has 0 unspecified atom stereocenters. The van der Waals surface area contributed by atoms with Gasteiger partial charge in [0.15, 0.2) is 0 Å². The van der Waals surface area contributed by atoms with Gasteiger partial charge in [-0.05, 0) is 18.2 Å². The standard InChI is InChI=1S/C16H21ClN2O5S/c1-19(15(21)10-25-7-6-16(22)24-3)9-14(20)18-12-8-11(17)4-5-13(12)23-2/h4-5,8H,6-7,9-10H2,1-3H3,(H,18,20). The molecule has 0 radical (unpaired) electrons. The zero-order valence-corrected chi connectivity index (χ0v) is 15.9. The van der Waals surface area contributed by atoms with Crippen LogP contribution in [0.1, 0.15) is 6.42 Å². The average Bonchev–Trinajstić information content (AvgIpc) is 2.58. The van der Waals surface area contributed by atoms with Crippen molar-refractivity contribution >= 4 is 46.8 Å². The lowest BCUT2D eigenvalue weighted by atomic mass is 10.3. The molecular weight excluding hydrogens is 368 g/mol. The lowest BCUT2D eigenvalue weighted by Gasteiger charge is -2.17. The summed E-state index contributed by atoms with van der Waals surface area (Å²) in [6.45, 7) is -0.105. The number of anilines is 1. The van der Waals surface area contributed by atoms with Crippen LogP contribution in [-0.2, 0) is 19.1 Å². The van der Waals surface area contributed by atoms with Gasteiger partial charge in [-0.15, -0.1) is 0 Å².